The Balaban J connectivity index is 1.94. The van der Waals surface area contributed by atoms with Crippen molar-refractivity contribution in [3.05, 3.63) is 72.9 Å². The van der Waals surface area contributed by atoms with Crippen LogP contribution in [0.3, 0.4) is 0 Å². The number of rotatable bonds is 7. The fourth-order valence-electron chi connectivity index (χ4n) is 2.59. The molecule has 1 heterocycles. The third-order valence-electron chi connectivity index (χ3n) is 3.89. The van der Waals surface area contributed by atoms with E-state index >= 15 is 0 Å². The number of benzene rings is 2. The Morgan fingerprint density at radius 1 is 1.23 bits per heavy atom. The first-order valence-electron chi connectivity index (χ1n) is 9.00. The second kappa shape index (κ2) is 9.85. The van der Waals surface area contributed by atoms with E-state index in [0.29, 0.717) is 40.3 Å². The monoisotopic (exact) mass is 557 g/mol. The summed E-state index contributed by atoms with van der Waals surface area (Å²) in [4.78, 5) is 16.6. The molecule has 8 heteroatoms. The van der Waals surface area contributed by atoms with Crippen molar-refractivity contribution in [2.45, 2.75) is 13.8 Å². The molecular weight excluding hydrogens is 540 g/mol. The van der Waals surface area contributed by atoms with E-state index in [-0.39, 0.29) is 11.6 Å². The molecule has 156 valence electrons. The normalized spacial score (nSPS) is 14.5. The van der Waals surface area contributed by atoms with Crippen molar-refractivity contribution >= 4 is 63.7 Å². The van der Waals surface area contributed by atoms with Crippen LogP contribution in [0.25, 0.3) is 6.08 Å². The molecule has 0 saturated carbocycles. The zero-order chi connectivity index (χ0) is 21.8. The van der Waals surface area contributed by atoms with Crippen molar-refractivity contribution in [3.8, 4) is 11.5 Å². The molecule has 0 aromatic heterocycles. The molecule has 0 aliphatic carbocycles. The average Bonchev–Trinajstić information content (AvgIpc) is 3.04. The number of esters is 1. The second-order valence-electron chi connectivity index (χ2n) is 6.47. The van der Waals surface area contributed by atoms with Crippen LogP contribution in [0.5, 0.6) is 11.5 Å². The van der Waals surface area contributed by atoms with E-state index < -0.39 is 5.97 Å². The molecule has 0 saturated heterocycles. The number of carbonyl (C=O) groups is 1. The molecule has 0 bridgehead atoms. The third-order valence-corrected chi connectivity index (χ3v) is 5.43. The summed E-state index contributed by atoms with van der Waals surface area (Å²) in [7, 11) is 0. The van der Waals surface area contributed by atoms with Gasteiger partial charge in [-0.1, -0.05) is 29.8 Å². The molecule has 1 aliphatic heterocycles. The highest BCUT2D eigenvalue weighted by Gasteiger charge is 2.25. The van der Waals surface area contributed by atoms with Gasteiger partial charge in [0.05, 0.1) is 20.2 Å². The van der Waals surface area contributed by atoms with Gasteiger partial charge in [-0.3, -0.25) is 0 Å². The molecule has 0 fully saturated rings. The van der Waals surface area contributed by atoms with E-state index in [4.69, 9.17) is 37.4 Å². The molecule has 0 N–H and O–H groups in total. The minimum atomic E-state index is -0.549. The Morgan fingerprint density at radius 2 is 2.00 bits per heavy atom. The van der Waals surface area contributed by atoms with Gasteiger partial charge in [0.15, 0.2) is 17.2 Å². The van der Waals surface area contributed by atoms with E-state index in [1.54, 1.807) is 30.3 Å². The molecule has 2 aromatic rings. The number of cyclic esters (lactones) is 1. The van der Waals surface area contributed by atoms with Gasteiger partial charge in [0.2, 0.25) is 5.90 Å². The van der Waals surface area contributed by atoms with Gasteiger partial charge in [0.25, 0.3) is 0 Å². The zero-order valence-electron chi connectivity index (χ0n) is 16.3. The summed E-state index contributed by atoms with van der Waals surface area (Å²) in [5.41, 5.74) is 2.37. The maximum absolute atomic E-state index is 12.3. The highest BCUT2D eigenvalue weighted by molar-refractivity contribution is 14.1. The molecule has 0 atom stereocenters. The molecule has 5 nitrogen and oxygen atoms in total. The van der Waals surface area contributed by atoms with Gasteiger partial charge in [-0.2, -0.15) is 0 Å². The minimum absolute atomic E-state index is 0.171. The van der Waals surface area contributed by atoms with E-state index in [1.807, 2.05) is 19.9 Å². The average molecular weight is 558 g/mol. The largest absolute Gasteiger partial charge is 0.490 e. The van der Waals surface area contributed by atoms with Crippen LogP contribution in [0.15, 0.2) is 53.2 Å². The molecule has 0 unspecified atom stereocenters. The Bertz CT molecular complexity index is 1080. The fourth-order valence-corrected chi connectivity index (χ4v) is 3.67. The summed E-state index contributed by atoms with van der Waals surface area (Å²) in [5.74, 6) is 0.840. The summed E-state index contributed by atoms with van der Waals surface area (Å²) in [6.07, 6.45) is 1.64. The summed E-state index contributed by atoms with van der Waals surface area (Å²) in [5, 5.41) is 0.764. The number of ether oxygens (including phenoxy) is 3. The quantitative estimate of drug-likeness (QED) is 0.174. The Hall–Kier alpha value is -2.03. The van der Waals surface area contributed by atoms with Gasteiger partial charge in [0.1, 0.15) is 6.61 Å². The number of aliphatic imine (C=N–C) groups is 1. The van der Waals surface area contributed by atoms with Crippen molar-refractivity contribution in [3.63, 3.8) is 0 Å². The number of halogens is 3. The lowest BCUT2D eigenvalue weighted by Crippen LogP contribution is -2.05. The highest BCUT2D eigenvalue weighted by Crippen LogP contribution is 2.35. The fraction of sp³-hybridized carbons (Fsp3) is 0.182. The van der Waals surface area contributed by atoms with Crippen LogP contribution in [-0.4, -0.2) is 25.1 Å². The lowest BCUT2D eigenvalue weighted by molar-refractivity contribution is -0.129. The SMILES string of the molecule is C=C(C)COc1c(I)cc(/C=C2\N=C(c3ccc(Cl)c(Cl)c3)OC2=O)cc1OCC. The topological polar surface area (TPSA) is 57.1 Å². The van der Waals surface area contributed by atoms with Crippen molar-refractivity contribution in [2.75, 3.05) is 13.2 Å². The van der Waals surface area contributed by atoms with Crippen molar-refractivity contribution < 1.29 is 19.0 Å². The smallest absolute Gasteiger partial charge is 0.363 e. The van der Waals surface area contributed by atoms with Gasteiger partial charge in [-0.05, 0) is 84.0 Å². The van der Waals surface area contributed by atoms with Crippen molar-refractivity contribution in [1.29, 1.82) is 0 Å². The van der Waals surface area contributed by atoms with Crippen molar-refractivity contribution in [1.82, 2.24) is 0 Å². The predicted octanol–water partition coefficient (Wildman–Crippen LogP) is 6.30. The number of nitrogens with zero attached hydrogens (tertiary/aromatic N) is 1. The maximum atomic E-state index is 12.3. The van der Waals surface area contributed by atoms with Crippen LogP contribution in [-0.2, 0) is 9.53 Å². The van der Waals surface area contributed by atoms with Gasteiger partial charge < -0.3 is 14.2 Å². The molecular formula is C22H18Cl2INO4. The summed E-state index contributed by atoms with van der Waals surface area (Å²) in [6.45, 7) is 8.50. The maximum Gasteiger partial charge on any atom is 0.363 e. The molecule has 0 spiro atoms. The van der Waals surface area contributed by atoms with Crippen molar-refractivity contribution in [2.24, 2.45) is 4.99 Å². The first-order valence-corrected chi connectivity index (χ1v) is 10.8. The number of hydrogen-bond donors (Lipinski definition) is 0. The highest BCUT2D eigenvalue weighted by atomic mass is 127. The Morgan fingerprint density at radius 3 is 2.67 bits per heavy atom. The summed E-state index contributed by atoms with van der Waals surface area (Å²) >= 11 is 14.2. The lowest BCUT2D eigenvalue weighted by atomic mass is 10.1. The molecule has 30 heavy (non-hydrogen) atoms. The first kappa shape index (κ1) is 22.7. The van der Waals surface area contributed by atoms with E-state index in [2.05, 4.69) is 34.2 Å². The first-order chi connectivity index (χ1) is 14.3. The van der Waals surface area contributed by atoms with Gasteiger partial charge in [0, 0.05) is 5.56 Å². The Labute approximate surface area is 198 Å². The summed E-state index contributed by atoms with van der Waals surface area (Å²) in [6, 6.07) is 8.59. The van der Waals surface area contributed by atoms with E-state index in [9.17, 15) is 4.79 Å². The zero-order valence-corrected chi connectivity index (χ0v) is 20.0. The lowest BCUT2D eigenvalue weighted by Gasteiger charge is -2.14. The van der Waals surface area contributed by atoms with Crippen LogP contribution in [0.4, 0.5) is 0 Å². The van der Waals surface area contributed by atoms with E-state index in [0.717, 1.165) is 14.7 Å². The number of carbonyl (C=O) groups excluding carboxylic acids is 1. The standard InChI is InChI=1S/C22H18Cl2INO4/c1-4-28-19-9-13(7-17(25)20(19)29-11-12(2)3)8-18-22(27)30-21(26-18)14-5-6-15(23)16(24)10-14/h5-10H,2,4,11H2,1,3H3/b18-8-. The minimum Gasteiger partial charge on any atom is -0.490 e. The molecule has 3 rings (SSSR count). The Kier molecular flexibility index (Phi) is 7.44. The van der Waals surface area contributed by atoms with Crippen LogP contribution < -0.4 is 9.47 Å². The second-order valence-corrected chi connectivity index (χ2v) is 8.45. The van der Waals surface area contributed by atoms with Crippen LogP contribution in [0.2, 0.25) is 10.0 Å². The predicted molar refractivity (Wildman–Crippen MR) is 128 cm³/mol. The summed E-state index contributed by atoms with van der Waals surface area (Å²) < 4.78 is 17.7. The van der Waals surface area contributed by atoms with E-state index in [1.165, 1.54) is 0 Å². The molecule has 1 aliphatic rings. The third kappa shape index (κ3) is 5.36. The van der Waals surface area contributed by atoms with Crippen LogP contribution >= 0.6 is 45.8 Å². The molecule has 0 radical (unpaired) electrons. The van der Waals surface area contributed by atoms with Gasteiger partial charge in [-0.15, -0.1) is 0 Å². The van der Waals surface area contributed by atoms with Gasteiger partial charge >= 0.3 is 5.97 Å². The van der Waals surface area contributed by atoms with Crippen LogP contribution in [0.1, 0.15) is 25.0 Å². The molecule has 0 amide bonds. The van der Waals surface area contributed by atoms with Crippen LogP contribution in [0, 0.1) is 3.57 Å². The van der Waals surface area contributed by atoms with Gasteiger partial charge in [-0.25, -0.2) is 9.79 Å². The number of hydrogen-bond acceptors (Lipinski definition) is 5. The molecule has 2 aromatic carbocycles.